The minimum absolute atomic E-state index is 0.0505. The Hall–Kier alpha value is -2.47. The topological polar surface area (TPSA) is 66.4 Å². The van der Waals surface area contributed by atoms with Crippen LogP contribution in [0.2, 0.25) is 5.02 Å². The number of hydrogen-bond acceptors (Lipinski definition) is 4. The second-order valence-corrected chi connectivity index (χ2v) is 7.17. The van der Waals surface area contributed by atoms with E-state index in [-0.39, 0.29) is 23.8 Å². The van der Waals surface area contributed by atoms with E-state index < -0.39 is 0 Å². The Bertz CT molecular complexity index is 868. The molecule has 3 rings (SSSR count). The second kappa shape index (κ2) is 7.41. The molecule has 7 heteroatoms. The number of hydrogen-bond donors (Lipinski definition) is 0. The highest BCUT2D eigenvalue weighted by atomic mass is 35.5. The lowest BCUT2D eigenvalue weighted by atomic mass is 9.99. The van der Waals surface area contributed by atoms with Crippen LogP contribution in [-0.4, -0.2) is 57.5 Å². The van der Waals surface area contributed by atoms with Gasteiger partial charge >= 0.3 is 0 Å². The van der Waals surface area contributed by atoms with Crippen molar-refractivity contribution >= 4 is 34.3 Å². The highest BCUT2D eigenvalue weighted by Crippen LogP contribution is 2.21. The zero-order chi connectivity index (χ0) is 18.8. The molecule has 0 radical (unpaired) electrons. The van der Waals surface area contributed by atoms with E-state index in [1.165, 1.54) is 6.08 Å². The van der Waals surface area contributed by atoms with Crippen LogP contribution in [0.1, 0.15) is 24.3 Å². The summed E-state index contributed by atoms with van der Waals surface area (Å²) in [5.74, 6) is -0.0526. The van der Waals surface area contributed by atoms with E-state index in [1.807, 2.05) is 19.9 Å². The minimum atomic E-state index is -0.175. The summed E-state index contributed by atoms with van der Waals surface area (Å²) in [6, 6.07) is 6.97. The van der Waals surface area contributed by atoms with Crippen molar-refractivity contribution < 1.29 is 9.59 Å². The Kier molecular flexibility index (Phi) is 5.23. The van der Waals surface area contributed by atoms with Gasteiger partial charge in [0.25, 0.3) is 5.91 Å². The van der Waals surface area contributed by atoms with Crippen LogP contribution in [0, 0.1) is 5.92 Å². The molecule has 0 spiro atoms. The minimum Gasteiger partial charge on any atom is -0.333 e. The lowest BCUT2D eigenvalue weighted by Crippen LogP contribution is -2.58. The first-order valence-corrected chi connectivity index (χ1v) is 8.94. The van der Waals surface area contributed by atoms with E-state index in [2.05, 4.69) is 16.8 Å². The molecule has 26 heavy (non-hydrogen) atoms. The van der Waals surface area contributed by atoms with E-state index in [1.54, 1.807) is 28.0 Å². The van der Waals surface area contributed by atoms with Crippen molar-refractivity contribution in [3.8, 4) is 0 Å². The summed E-state index contributed by atoms with van der Waals surface area (Å²) in [6.45, 7) is 9.06. The summed E-state index contributed by atoms with van der Waals surface area (Å²) in [5.41, 5.74) is 0.946. The van der Waals surface area contributed by atoms with Crippen LogP contribution >= 0.6 is 11.6 Å². The quantitative estimate of drug-likeness (QED) is 0.777. The molecule has 2 aromatic rings. The normalized spacial score (nSPS) is 17.6. The summed E-state index contributed by atoms with van der Waals surface area (Å²) in [4.78, 5) is 28.5. The Balaban J connectivity index is 1.82. The third-order valence-corrected chi connectivity index (χ3v) is 4.94. The Morgan fingerprint density at radius 1 is 1.27 bits per heavy atom. The number of amides is 2. The van der Waals surface area contributed by atoms with Crippen LogP contribution in [0.5, 0.6) is 0 Å². The molecule has 2 heterocycles. The van der Waals surface area contributed by atoms with Crippen molar-refractivity contribution in [2.75, 3.05) is 19.6 Å². The van der Waals surface area contributed by atoms with Crippen LogP contribution in [0.3, 0.4) is 0 Å². The fourth-order valence-corrected chi connectivity index (χ4v) is 3.40. The number of rotatable bonds is 3. The summed E-state index contributed by atoms with van der Waals surface area (Å²) in [5, 5.41) is 9.57. The van der Waals surface area contributed by atoms with Crippen molar-refractivity contribution in [1.82, 2.24) is 20.0 Å². The standard InChI is InChI=1S/C19H21ClN4O2/c1-4-18(25)24-8-7-23(11-17(24)12(2)3)19(26)16-9-13-5-6-14(20)10-15(13)21-22-16/h4-6,9-10,12,17H,1,7-8,11H2,2-3H3/t17-/m1/s1. The molecule has 1 aromatic heterocycles. The molecule has 0 saturated carbocycles. The van der Waals surface area contributed by atoms with Gasteiger partial charge in [0.05, 0.1) is 11.6 Å². The highest BCUT2D eigenvalue weighted by molar-refractivity contribution is 6.31. The zero-order valence-corrected chi connectivity index (χ0v) is 15.6. The van der Waals surface area contributed by atoms with E-state index in [0.717, 1.165) is 5.39 Å². The maximum Gasteiger partial charge on any atom is 0.274 e. The molecule has 1 atom stereocenters. The molecule has 0 N–H and O–H groups in total. The molecular formula is C19H21ClN4O2. The first kappa shape index (κ1) is 18.3. The largest absolute Gasteiger partial charge is 0.333 e. The molecule has 136 valence electrons. The number of nitrogens with zero attached hydrogens (tertiary/aromatic N) is 4. The number of halogens is 1. The van der Waals surface area contributed by atoms with E-state index in [4.69, 9.17) is 11.6 Å². The Morgan fingerprint density at radius 3 is 2.73 bits per heavy atom. The lowest BCUT2D eigenvalue weighted by Gasteiger charge is -2.42. The van der Waals surface area contributed by atoms with Crippen LogP contribution in [-0.2, 0) is 4.79 Å². The van der Waals surface area contributed by atoms with Crippen LogP contribution in [0.4, 0.5) is 0 Å². The average molecular weight is 373 g/mol. The van der Waals surface area contributed by atoms with Gasteiger partial charge in [-0.2, -0.15) is 0 Å². The fraction of sp³-hybridized carbons (Fsp3) is 0.368. The smallest absolute Gasteiger partial charge is 0.274 e. The number of aromatic nitrogens is 2. The van der Waals surface area contributed by atoms with Gasteiger partial charge in [0.1, 0.15) is 0 Å². The summed E-state index contributed by atoms with van der Waals surface area (Å²) in [7, 11) is 0. The van der Waals surface area contributed by atoms with Crippen molar-refractivity contribution in [1.29, 1.82) is 0 Å². The first-order chi connectivity index (χ1) is 12.4. The van der Waals surface area contributed by atoms with Crippen molar-refractivity contribution in [2.24, 2.45) is 5.92 Å². The van der Waals surface area contributed by atoms with Crippen LogP contribution < -0.4 is 0 Å². The zero-order valence-electron chi connectivity index (χ0n) is 14.9. The predicted molar refractivity (Wildman–Crippen MR) is 101 cm³/mol. The third-order valence-electron chi connectivity index (χ3n) is 4.70. The van der Waals surface area contributed by atoms with Crippen molar-refractivity contribution in [3.63, 3.8) is 0 Å². The molecule has 0 aliphatic carbocycles. The van der Waals surface area contributed by atoms with Crippen molar-refractivity contribution in [2.45, 2.75) is 19.9 Å². The highest BCUT2D eigenvalue weighted by Gasteiger charge is 2.34. The average Bonchev–Trinajstić information content (AvgIpc) is 2.65. The first-order valence-electron chi connectivity index (χ1n) is 8.56. The molecule has 6 nitrogen and oxygen atoms in total. The number of piperazine rings is 1. The Labute approximate surface area is 157 Å². The molecule has 0 unspecified atom stereocenters. The number of fused-ring (bicyclic) bond motifs is 1. The lowest BCUT2D eigenvalue weighted by molar-refractivity contribution is -0.131. The van der Waals surface area contributed by atoms with Crippen molar-refractivity contribution in [3.05, 3.63) is 47.6 Å². The van der Waals surface area contributed by atoms with Gasteiger partial charge in [-0.25, -0.2) is 0 Å². The summed E-state index contributed by atoms with van der Waals surface area (Å²) < 4.78 is 0. The van der Waals surface area contributed by atoms with Gasteiger partial charge < -0.3 is 9.80 Å². The van der Waals surface area contributed by atoms with E-state index in [9.17, 15) is 9.59 Å². The molecule has 1 aromatic carbocycles. The van der Waals surface area contributed by atoms with Crippen LogP contribution in [0.25, 0.3) is 10.9 Å². The molecule has 2 amide bonds. The van der Waals surface area contributed by atoms with E-state index >= 15 is 0 Å². The molecular weight excluding hydrogens is 352 g/mol. The van der Waals surface area contributed by atoms with Gasteiger partial charge in [-0.1, -0.05) is 38.1 Å². The number of benzene rings is 1. The van der Waals surface area contributed by atoms with Gasteiger partial charge in [-0.05, 0) is 30.2 Å². The molecule has 1 aliphatic rings. The number of carbonyl (C=O) groups is 2. The Morgan fingerprint density at radius 2 is 2.04 bits per heavy atom. The van der Waals surface area contributed by atoms with Gasteiger partial charge in [0.15, 0.2) is 5.69 Å². The SMILES string of the molecule is C=CC(=O)N1CCN(C(=O)c2cc3ccc(Cl)cc3nn2)C[C@@H]1C(C)C. The van der Waals surface area contributed by atoms with Gasteiger partial charge in [0, 0.05) is 30.0 Å². The maximum atomic E-state index is 12.9. The number of carbonyl (C=O) groups excluding carboxylic acids is 2. The summed E-state index contributed by atoms with van der Waals surface area (Å²) >= 11 is 5.96. The molecule has 1 saturated heterocycles. The fourth-order valence-electron chi connectivity index (χ4n) is 3.23. The van der Waals surface area contributed by atoms with E-state index in [0.29, 0.717) is 35.9 Å². The third kappa shape index (κ3) is 3.55. The monoisotopic (exact) mass is 372 g/mol. The van der Waals surface area contributed by atoms with Gasteiger partial charge in [0.2, 0.25) is 5.91 Å². The van der Waals surface area contributed by atoms with Crippen LogP contribution in [0.15, 0.2) is 36.9 Å². The maximum absolute atomic E-state index is 12.9. The van der Waals surface area contributed by atoms with Gasteiger partial charge in [-0.3, -0.25) is 9.59 Å². The second-order valence-electron chi connectivity index (χ2n) is 6.73. The molecule has 1 aliphatic heterocycles. The van der Waals surface area contributed by atoms with Gasteiger partial charge in [-0.15, -0.1) is 10.2 Å². The summed E-state index contributed by atoms with van der Waals surface area (Å²) in [6.07, 6.45) is 1.33. The molecule has 0 bridgehead atoms. The molecule has 1 fully saturated rings. The predicted octanol–water partition coefficient (Wildman–Crippen LogP) is 2.78.